The van der Waals surface area contributed by atoms with Gasteiger partial charge in [0.1, 0.15) is 6.54 Å². The summed E-state index contributed by atoms with van der Waals surface area (Å²) >= 11 is 11.7. The van der Waals surface area contributed by atoms with Crippen LogP contribution >= 0.6 is 23.2 Å². The molecule has 0 aromatic heterocycles. The number of carbonyl (C=O) groups excluding carboxylic acids is 3. The van der Waals surface area contributed by atoms with Crippen LogP contribution in [0.25, 0.3) is 0 Å². The van der Waals surface area contributed by atoms with E-state index in [0.717, 1.165) is 17.0 Å². The van der Waals surface area contributed by atoms with Crippen LogP contribution in [0.2, 0.25) is 10.0 Å². The van der Waals surface area contributed by atoms with Gasteiger partial charge in [0.2, 0.25) is 5.91 Å². The first-order chi connectivity index (χ1) is 12.7. The third-order valence-corrected chi connectivity index (χ3v) is 4.86. The van der Waals surface area contributed by atoms with Crippen molar-refractivity contribution in [3.05, 3.63) is 68.7 Å². The largest absolute Gasteiger partial charge is 0.348 e. The number of amides is 3. The van der Waals surface area contributed by atoms with Gasteiger partial charge in [0.05, 0.1) is 27.2 Å². The normalized spacial score (nSPS) is 14.3. The first-order valence-corrected chi connectivity index (χ1v) is 8.54. The first-order valence-electron chi connectivity index (χ1n) is 7.78. The highest BCUT2D eigenvalue weighted by Gasteiger charge is 2.37. The molecule has 3 rings (SSSR count). The molecule has 1 aliphatic heterocycles. The summed E-state index contributed by atoms with van der Waals surface area (Å²) in [6.07, 6.45) is 0. The molecule has 1 aliphatic rings. The number of hydrogen-bond acceptors (Lipinski definition) is 3. The highest BCUT2D eigenvalue weighted by atomic mass is 35.5. The summed E-state index contributed by atoms with van der Waals surface area (Å²) in [5, 5.41) is 2.77. The van der Waals surface area contributed by atoms with Crippen molar-refractivity contribution < 1.29 is 23.2 Å². The second-order valence-corrected chi connectivity index (χ2v) is 6.79. The molecule has 0 spiro atoms. The molecule has 0 saturated heterocycles. The van der Waals surface area contributed by atoms with Gasteiger partial charge in [-0.3, -0.25) is 19.3 Å². The number of hydrogen-bond donors (Lipinski definition) is 1. The lowest BCUT2D eigenvalue weighted by molar-refractivity contribution is -0.122. The van der Waals surface area contributed by atoms with E-state index >= 15 is 0 Å². The smallest absolute Gasteiger partial charge is 0.262 e. The minimum absolute atomic E-state index is 0.0656. The summed E-state index contributed by atoms with van der Waals surface area (Å²) in [6, 6.07) is 5.14. The number of imide groups is 1. The Morgan fingerprint density at radius 2 is 1.59 bits per heavy atom. The number of nitrogens with one attached hydrogen (secondary N) is 1. The van der Waals surface area contributed by atoms with Crippen LogP contribution in [-0.2, 0) is 4.79 Å². The van der Waals surface area contributed by atoms with Gasteiger partial charge in [-0.15, -0.1) is 0 Å². The maximum absolute atomic E-state index is 13.3. The SMILES string of the molecule is CC(NC(=O)CN1C(=O)c2cc(Cl)c(Cl)cc2C1=O)c1ccc(F)c(F)c1. The molecule has 5 nitrogen and oxygen atoms in total. The van der Waals surface area contributed by atoms with E-state index in [1.54, 1.807) is 6.92 Å². The van der Waals surface area contributed by atoms with Gasteiger partial charge in [-0.05, 0) is 36.8 Å². The van der Waals surface area contributed by atoms with Crippen LogP contribution in [0.1, 0.15) is 39.2 Å². The second-order valence-electron chi connectivity index (χ2n) is 5.97. The van der Waals surface area contributed by atoms with Crippen LogP contribution in [0.15, 0.2) is 30.3 Å². The van der Waals surface area contributed by atoms with Crippen LogP contribution in [0.4, 0.5) is 8.78 Å². The van der Waals surface area contributed by atoms with E-state index in [0.29, 0.717) is 5.56 Å². The lowest BCUT2D eigenvalue weighted by atomic mass is 10.1. The van der Waals surface area contributed by atoms with Gasteiger partial charge in [-0.1, -0.05) is 29.3 Å². The zero-order valence-electron chi connectivity index (χ0n) is 13.9. The minimum atomic E-state index is -1.04. The Balaban J connectivity index is 1.72. The van der Waals surface area contributed by atoms with Crippen molar-refractivity contribution in [2.75, 3.05) is 6.54 Å². The Kier molecular flexibility index (Phi) is 5.17. The monoisotopic (exact) mass is 412 g/mol. The molecule has 0 bridgehead atoms. The van der Waals surface area contributed by atoms with Gasteiger partial charge in [0, 0.05) is 0 Å². The summed E-state index contributed by atoms with van der Waals surface area (Å²) in [6.45, 7) is 1.03. The van der Waals surface area contributed by atoms with E-state index in [-0.39, 0.29) is 21.2 Å². The lowest BCUT2D eigenvalue weighted by Gasteiger charge is -2.18. The van der Waals surface area contributed by atoms with Gasteiger partial charge in [0.25, 0.3) is 11.8 Å². The van der Waals surface area contributed by atoms with Gasteiger partial charge in [0.15, 0.2) is 11.6 Å². The molecule has 140 valence electrons. The summed E-state index contributed by atoms with van der Waals surface area (Å²) in [4.78, 5) is 37.8. The molecule has 9 heteroatoms. The topological polar surface area (TPSA) is 66.5 Å². The van der Waals surface area contributed by atoms with Crippen LogP contribution in [0, 0.1) is 11.6 Å². The van der Waals surface area contributed by atoms with E-state index in [2.05, 4.69) is 5.32 Å². The molecule has 1 unspecified atom stereocenters. The number of nitrogens with zero attached hydrogens (tertiary/aromatic N) is 1. The van der Waals surface area contributed by atoms with Crippen LogP contribution in [0.3, 0.4) is 0 Å². The van der Waals surface area contributed by atoms with E-state index in [4.69, 9.17) is 23.2 Å². The maximum atomic E-state index is 13.3. The molecule has 0 aliphatic carbocycles. The third kappa shape index (κ3) is 3.65. The Morgan fingerprint density at radius 3 is 2.11 bits per heavy atom. The molecule has 1 heterocycles. The van der Waals surface area contributed by atoms with E-state index in [9.17, 15) is 23.2 Å². The van der Waals surface area contributed by atoms with Crippen molar-refractivity contribution in [1.29, 1.82) is 0 Å². The quantitative estimate of drug-likeness (QED) is 0.777. The number of halogens is 4. The highest BCUT2D eigenvalue weighted by molar-refractivity contribution is 6.43. The molecule has 1 N–H and O–H groups in total. The van der Waals surface area contributed by atoms with Crippen LogP contribution < -0.4 is 5.32 Å². The summed E-state index contributed by atoms with van der Waals surface area (Å²) < 4.78 is 26.3. The molecule has 0 radical (unpaired) electrons. The Hall–Kier alpha value is -2.51. The average molecular weight is 413 g/mol. The van der Waals surface area contributed by atoms with Gasteiger partial charge < -0.3 is 5.32 Å². The predicted octanol–water partition coefficient (Wildman–Crippen LogP) is 3.75. The van der Waals surface area contributed by atoms with E-state index in [1.807, 2.05) is 0 Å². The molecular weight excluding hydrogens is 401 g/mol. The molecule has 3 amide bonds. The standard InChI is InChI=1S/C18H12Cl2F2N2O3/c1-8(9-2-3-14(21)15(22)4-9)23-16(25)7-24-17(26)10-5-12(19)13(20)6-11(10)18(24)27/h2-6,8H,7H2,1H3,(H,23,25). The predicted molar refractivity (Wildman–Crippen MR) is 94.7 cm³/mol. The Labute approximate surface area is 162 Å². The summed E-state index contributed by atoms with van der Waals surface area (Å²) in [5.74, 6) is -4.00. The number of benzene rings is 2. The second kappa shape index (κ2) is 7.25. The number of carbonyl (C=O) groups is 3. The van der Waals surface area contributed by atoms with Crippen molar-refractivity contribution in [3.63, 3.8) is 0 Å². The first kappa shape index (κ1) is 19.3. The highest BCUT2D eigenvalue weighted by Crippen LogP contribution is 2.31. The zero-order chi connectivity index (χ0) is 19.9. The van der Waals surface area contributed by atoms with Gasteiger partial charge in [-0.25, -0.2) is 8.78 Å². The van der Waals surface area contributed by atoms with Crippen molar-refractivity contribution in [2.45, 2.75) is 13.0 Å². The Bertz CT molecular complexity index is 940. The molecule has 2 aromatic rings. The van der Waals surface area contributed by atoms with E-state index < -0.39 is 41.9 Å². The molecule has 2 aromatic carbocycles. The van der Waals surface area contributed by atoms with Crippen LogP contribution in [-0.4, -0.2) is 29.2 Å². The molecular formula is C18H12Cl2F2N2O3. The lowest BCUT2D eigenvalue weighted by Crippen LogP contribution is -2.41. The fourth-order valence-corrected chi connectivity index (χ4v) is 3.05. The third-order valence-electron chi connectivity index (χ3n) is 4.13. The Morgan fingerprint density at radius 1 is 1.04 bits per heavy atom. The fourth-order valence-electron chi connectivity index (χ4n) is 2.72. The average Bonchev–Trinajstić information content (AvgIpc) is 2.82. The van der Waals surface area contributed by atoms with Crippen molar-refractivity contribution in [1.82, 2.24) is 10.2 Å². The van der Waals surface area contributed by atoms with Gasteiger partial charge >= 0.3 is 0 Å². The van der Waals surface area contributed by atoms with Crippen molar-refractivity contribution in [3.8, 4) is 0 Å². The molecule has 0 saturated carbocycles. The molecule has 27 heavy (non-hydrogen) atoms. The number of fused-ring (bicyclic) bond motifs is 1. The van der Waals surface area contributed by atoms with Crippen molar-refractivity contribution >= 4 is 40.9 Å². The van der Waals surface area contributed by atoms with Crippen LogP contribution in [0.5, 0.6) is 0 Å². The molecule has 1 atom stereocenters. The van der Waals surface area contributed by atoms with E-state index in [1.165, 1.54) is 18.2 Å². The number of rotatable bonds is 4. The zero-order valence-corrected chi connectivity index (χ0v) is 15.4. The summed E-state index contributed by atoms with van der Waals surface area (Å²) in [5.41, 5.74) is 0.467. The summed E-state index contributed by atoms with van der Waals surface area (Å²) in [7, 11) is 0. The van der Waals surface area contributed by atoms with Gasteiger partial charge in [-0.2, -0.15) is 0 Å². The fraction of sp³-hybridized carbons (Fsp3) is 0.167. The van der Waals surface area contributed by atoms with Crippen molar-refractivity contribution in [2.24, 2.45) is 0 Å². The minimum Gasteiger partial charge on any atom is -0.348 e. The maximum Gasteiger partial charge on any atom is 0.262 e. The molecule has 0 fully saturated rings.